The van der Waals surface area contributed by atoms with E-state index in [0.717, 1.165) is 18.3 Å². The van der Waals surface area contributed by atoms with Crippen LogP contribution < -0.4 is 0 Å². The number of hydrogen-bond donors (Lipinski definition) is 1. The van der Waals surface area contributed by atoms with E-state index in [1.807, 2.05) is 0 Å². The van der Waals surface area contributed by atoms with Crippen LogP contribution in [-0.4, -0.2) is 36.2 Å². The fraction of sp³-hybridized carbons (Fsp3) is 1.00. The zero-order valence-electron chi connectivity index (χ0n) is 9.71. The first-order valence-electron chi connectivity index (χ1n) is 6.05. The average Bonchev–Trinajstić information content (AvgIpc) is 2.17. The van der Waals surface area contributed by atoms with E-state index in [4.69, 9.17) is 5.11 Å². The number of nitrogens with zero attached hydrogens (tertiary/aromatic N) is 1. The van der Waals surface area contributed by atoms with Gasteiger partial charge in [0.05, 0.1) is 0 Å². The van der Waals surface area contributed by atoms with Crippen molar-refractivity contribution in [3.8, 4) is 0 Å². The molecule has 2 nitrogen and oxygen atoms in total. The first-order valence-corrected chi connectivity index (χ1v) is 6.05. The quantitative estimate of drug-likeness (QED) is 0.733. The number of hydrogen-bond acceptors (Lipinski definition) is 2. The van der Waals surface area contributed by atoms with Gasteiger partial charge in [0.25, 0.3) is 0 Å². The molecule has 0 aromatic carbocycles. The summed E-state index contributed by atoms with van der Waals surface area (Å²) < 4.78 is 0. The highest BCUT2D eigenvalue weighted by Gasteiger charge is 2.18. The lowest BCUT2D eigenvalue weighted by molar-refractivity contribution is 0.153. The molecule has 0 amide bonds. The molecule has 1 fully saturated rings. The Balaban J connectivity index is 2.09. The van der Waals surface area contributed by atoms with Crippen molar-refractivity contribution in [1.29, 1.82) is 0 Å². The molecule has 0 spiro atoms. The monoisotopic (exact) mass is 199 g/mol. The Kier molecular flexibility index (Phi) is 5.49. The van der Waals surface area contributed by atoms with Crippen molar-refractivity contribution in [2.24, 2.45) is 11.8 Å². The lowest BCUT2D eigenvalue weighted by Crippen LogP contribution is -2.35. The molecule has 1 aliphatic rings. The van der Waals surface area contributed by atoms with Crippen molar-refractivity contribution in [2.45, 2.75) is 39.5 Å². The van der Waals surface area contributed by atoms with E-state index in [0.29, 0.717) is 6.61 Å². The van der Waals surface area contributed by atoms with Crippen LogP contribution in [0.25, 0.3) is 0 Å². The van der Waals surface area contributed by atoms with E-state index in [2.05, 4.69) is 18.7 Å². The van der Waals surface area contributed by atoms with Crippen molar-refractivity contribution < 1.29 is 5.11 Å². The third-order valence-electron chi connectivity index (χ3n) is 3.27. The molecule has 0 atom stereocenters. The summed E-state index contributed by atoms with van der Waals surface area (Å²) in [6.07, 6.45) is 4.92. The van der Waals surface area contributed by atoms with Crippen molar-refractivity contribution in [2.75, 3.05) is 26.2 Å². The van der Waals surface area contributed by atoms with E-state index in [-0.39, 0.29) is 0 Å². The molecule has 0 aliphatic carbocycles. The number of aliphatic hydroxyl groups is 1. The Labute approximate surface area is 88.3 Å². The van der Waals surface area contributed by atoms with Crippen LogP contribution in [-0.2, 0) is 0 Å². The minimum atomic E-state index is 0.372. The van der Waals surface area contributed by atoms with Gasteiger partial charge in [-0.25, -0.2) is 0 Å². The molecule has 0 aromatic heterocycles. The number of likely N-dealkylation sites (tertiary alicyclic amines) is 1. The summed E-state index contributed by atoms with van der Waals surface area (Å²) in [6.45, 7) is 8.71. The second-order valence-electron chi connectivity index (χ2n) is 4.98. The van der Waals surface area contributed by atoms with E-state index in [1.165, 1.54) is 38.9 Å². The zero-order valence-corrected chi connectivity index (χ0v) is 9.71. The molecule has 1 N–H and O–H groups in total. The van der Waals surface area contributed by atoms with E-state index >= 15 is 0 Å². The highest BCUT2D eigenvalue weighted by molar-refractivity contribution is 4.72. The number of rotatable bonds is 5. The molecule has 1 aliphatic heterocycles. The van der Waals surface area contributed by atoms with Crippen LogP contribution in [0.15, 0.2) is 0 Å². The average molecular weight is 199 g/mol. The Morgan fingerprint density at radius 3 is 2.43 bits per heavy atom. The predicted octanol–water partition coefficient (Wildman–Crippen LogP) is 2.13. The van der Waals surface area contributed by atoms with Gasteiger partial charge in [-0.05, 0) is 57.2 Å². The summed E-state index contributed by atoms with van der Waals surface area (Å²) in [5.74, 6) is 1.61. The fourth-order valence-corrected chi connectivity index (χ4v) is 2.12. The van der Waals surface area contributed by atoms with Gasteiger partial charge in [0.15, 0.2) is 0 Å². The predicted molar refractivity (Wildman–Crippen MR) is 60.3 cm³/mol. The van der Waals surface area contributed by atoms with Gasteiger partial charge in [-0.15, -0.1) is 0 Å². The van der Waals surface area contributed by atoms with Crippen molar-refractivity contribution in [1.82, 2.24) is 4.90 Å². The third-order valence-corrected chi connectivity index (χ3v) is 3.27. The topological polar surface area (TPSA) is 23.5 Å². The van der Waals surface area contributed by atoms with Crippen LogP contribution in [0.3, 0.4) is 0 Å². The van der Waals surface area contributed by atoms with E-state index in [9.17, 15) is 0 Å². The first-order chi connectivity index (χ1) is 6.72. The first kappa shape index (κ1) is 12.0. The Bertz CT molecular complexity index is 139. The lowest BCUT2D eigenvalue weighted by atomic mass is 9.93. The second-order valence-corrected chi connectivity index (χ2v) is 4.98. The third kappa shape index (κ3) is 4.43. The Morgan fingerprint density at radius 1 is 1.29 bits per heavy atom. The van der Waals surface area contributed by atoms with Crippen LogP contribution in [0, 0.1) is 11.8 Å². The van der Waals surface area contributed by atoms with Crippen molar-refractivity contribution in [3.05, 3.63) is 0 Å². The maximum absolute atomic E-state index is 8.85. The van der Waals surface area contributed by atoms with Crippen LogP contribution in [0.4, 0.5) is 0 Å². The molecule has 1 rings (SSSR count). The SMILES string of the molecule is CC(C)CCN1CCC(CCO)CC1. The molecular weight excluding hydrogens is 174 g/mol. The second kappa shape index (κ2) is 6.41. The van der Waals surface area contributed by atoms with E-state index < -0.39 is 0 Å². The molecule has 0 radical (unpaired) electrons. The standard InChI is InChI=1S/C12H25NO/c1-11(2)3-7-13-8-4-12(5-9-13)6-10-14/h11-12,14H,3-10H2,1-2H3. The van der Waals surface area contributed by atoms with Gasteiger partial charge in [-0.2, -0.15) is 0 Å². The summed E-state index contributed by atoms with van der Waals surface area (Å²) in [5, 5.41) is 8.85. The summed E-state index contributed by atoms with van der Waals surface area (Å²) in [7, 11) is 0. The zero-order chi connectivity index (χ0) is 10.4. The summed E-state index contributed by atoms with van der Waals surface area (Å²) in [6, 6.07) is 0. The molecule has 0 aromatic rings. The molecule has 14 heavy (non-hydrogen) atoms. The highest BCUT2D eigenvalue weighted by Crippen LogP contribution is 2.20. The van der Waals surface area contributed by atoms with Crippen molar-refractivity contribution in [3.63, 3.8) is 0 Å². The van der Waals surface area contributed by atoms with Crippen LogP contribution >= 0.6 is 0 Å². The maximum Gasteiger partial charge on any atom is 0.0433 e. The van der Waals surface area contributed by atoms with Gasteiger partial charge in [-0.3, -0.25) is 0 Å². The van der Waals surface area contributed by atoms with E-state index in [1.54, 1.807) is 0 Å². The minimum absolute atomic E-state index is 0.372. The van der Waals surface area contributed by atoms with Crippen LogP contribution in [0.2, 0.25) is 0 Å². The fourth-order valence-electron chi connectivity index (χ4n) is 2.12. The highest BCUT2D eigenvalue weighted by atomic mass is 16.3. The molecule has 1 saturated heterocycles. The maximum atomic E-state index is 8.85. The summed E-state index contributed by atoms with van der Waals surface area (Å²) >= 11 is 0. The molecule has 0 bridgehead atoms. The lowest BCUT2D eigenvalue weighted by Gasteiger charge is -2.32. The molecular formula is C12H25NO. The summed E-state index contributed by atoms with van der Waals surface area (Å²) in [5.41, 5.74) is 0. The van der Waals surface area contributed by atoms with Gasteiger partial charge >= 0.3 is 0 Å². The van der Waals surface area contributed by atoms with Crippen LogP contribution in [0.5, 0.6) is 0 Å². The molecule has 1 heterocycles. The molecule has 0 unspecified atom stereocenters. The smallest absolute Gasteiger partial charge is 0.0433 e. The largest absolute Gasteiger partial charge is 0.396 e. The van der Waals surface area contributed by atoms with Gasteiger partial charge in [-0.1, -0.05) is 13.8 Å². The Morgan fingerprint density at radius 2 is 1.93 bits per heavy atom. The van der Waals surface area contributed by atoms with Gasteiger partial charge in [0, 0.05) is 6.61 Å². The van der Waals surface area contributed by atoms with Gasteiger partial charge < -0.3 is 10.0 Å². The molecule has 84 valence electrons. The van der Waals surface area contributed by atoms with Crippen molar-refractivity contribution >= 4 is 0 Å². The Hall–Kier alpha value is -0.0800. The normalized spacial score (nSPS) is 20.6. The van der Waals surface area contributed by atoms with Gasteiger partial charge in [0.1, 0.15) is 0 Å². The van der Waals surface area contributed by atoms with Crippen LogP contribution in [0.1, 0.15) is 39.5 Å². The summed E-state index contributed by atoms with van der Waals surface area (Å²) in [4.78, 5) is 2.58. The van der Waals surface area contributed by atoms with Gasteiger partial charge in [0.2, 0.25) is 0 Å². The number of aliphatic hydroxyl groups excluding tert-OH is 1. The molecule has 0 saturated carbocycles. The minimum Gasteiger partial charge on any atom is -0.396 e. The molecule has 2 heteroatoms. The number of piperidine rings is 1.